The molecule has 2 rings (SSSR count). The molecule has 0 aliphatic carbocycles. The Bertz CT molecular complexity index is 903. The van der Waals surface area contributed by atoms with Crippen LogP contribution < -0.4 is 26.4 Å². The van der Waals surface area contributed by atoms with E-state index in [1.54, 1.807) is 0 Å². The van der Waals surface area contributed by atoms with Gasteiger partial charge in [-0.1, -0.05) is 0 Å². The lowest BCUT2D eigenvalue weighted by atomic mass is 10.3. The third-order valence-electron chi connectivity index (χ3n) is 3.06. The van der Waals surface area contributed by atoms with Gasteiger partial charge in [-0.15, -0.1) is 11.3 Å². The lowest BCUT2D eigenvalue weighted by Crippen LogP contribution is -2.42. The van der Waals surface area contributed by atoms with Crippen LogP contribution in [-0.2, 0) is 14.8 Å². The summed E-state index contributed by atoms with van der Waals surface area (Å²) >= 11 is 1.08. The van der Waals surface area contributed by atoms with Crippen molar-refractivity contribution >= 4 is 43.9 Å². The molecule has 0 spiro atoms. The van der Waals surface area contributed by atoms with E-state index in [-0.39, 0.29) is 23.1 Å². The lowest BCUT2D eigenvalue weighted by molar-refractivity contribution is -0.115. The van der Waals surface area contributed by atoms with Gasteiger partial charge in [0, 0.05) is 13.1 Å². The Morgan fingerprint density at radius 3 is 2.74 bits per heavy atom. The first-order valence-electron chi connectivity index (χ1n) is 7.59. The standard InChI is InChI=1S/C14H18FN7O3S2/c15-10-5-9(27(24,25)22-13-7-18-8-26-13)1-2-11(10)21-12(23)6-20-14(17)19-4-3-16/h1-2,5,7-8,22H,3-4,6,16H2,(H,21,23)(H3,17,19,20). The SMILES string of the molecule is N=C(NCCN)NCC(=O)Nc1ccc(S(=O)(=O)Nc2cncs2)cc1F. The lowest BCUT2D eigenvalue weighted by Gasteiger charge is -2.11. The number of nitrogens with zero attached hydrogens (tertiary/aromatic N) is 1. The number of aromatic nitrogens is 1. The van der Waals surface area contributed by atoms with Crippen molar-refractivity contribution in [2.45, 2.75) is 4.90 Å². The first kappa shape index (κ1) is 20.5. The van der Waals surface area contributed by atoms with Crippen LogP contribution in [0.1, 0.15) is 0 Å². The maximum Gasteiger partial charge on any atom is 0.262 e. The summed E-state index contributed by atoms with van der Waals surface area (Å²) < 4.78 is 40.9. The van der Waals surface area contributed by atoms with Crippen molar-refractivity contribution in [3.63, 3.8) is 0 Å². The fourth-order valence-corrected chi connectivity index (χ4v) is 3.66. The van der Waals surface area contributed by atoms with E-state index in [9.17, 15) is 17.6 Å². The number of anilines is 2. The van der Waals surface area contributed by atoms with Crippen LogP contribution in [0.3, 0.4) is 0 Å². The summed E-state index contributed by atoms with van der Waals surface area (Å²) in [6.45, 7) is 0.422. The number of thiazole rings is 1. The molecule has 0 unspecified atom stereocenters. The number of nitrogens with one attached hydrogen (secondary N) is 5. The number of amides is 1. The quantitative estimate of drug-likeness (QED) is 0.263. The highest BCUT2D eigenvalue weighted by molar-refractivity contribution is 7.93. The Hall–Kier alpha value is -2.77. The van der Waals surface area contributed by atoms with Crippen LogP contribution in [0, 0.1) is 11.2 Å². The van der Waals surface area contributed by atoms with Gasteiger partial charge in [0.1, 0.15) is 10.8 Å². The number of sulfonamides is 1. The molecule has 0 aliphatic rings. The minimum absolute atomic E-state index is 0.0911. The van der Waals surface area contributed by atoms with Gasteiger partial charge in [0.05, 0.1) is 28.8 Å². The zero-order valence-electron chi connectivity index (χ0n) is 14.0. The molecule has 10 nitrogen and oxygen atoms in total. The number of carbonyl (C=O) groups excluding carboxylic acids is 1. The van der Waals surface area contributed by atoms with Gasteiger partial charge in [-0.05, 0) is 18.2 Å². The minimum Gasteiger partial charge on any atom is -0.355 e. The average molecular weight is 415 g/mol. The third kappa shape index (κ3) is 6.16. The van der Waals surface area contributed by atoms with Gasteiger partial charge in [0.15, 0.2) is 5.96 Å². The van der Waals surface area contributed by atoms with Gasteiger partial charge in [0.2, 0.25) is 5.91 Å². The average Bonchev–Trinajstić information content (AvgIpc) is 3.12. The molecule has 0 saturated heterocycles. The van der Waals surface area contributed by atoms with Crippen molar-refractivity contribution in [3.05, 3.63) is 35.7 Å². The molecular formula is C14H18FN7O3S2. The maximum atomic E-state index is 14.2. The largest absolute Gasteiger partial charge is 0.355 e. The summed E-state index contributed by atoms with van der Waals surface area (Å²) in [5.41, 5.74) is 6.55. The van der Waals surface area contributed by atoms with E-state index in [1.165, 1.54) is 17.8 Å². The molecular weight excluding hydrogens is 397 g/mol. The number of rotatable bonds is 8. The highest BCUT2D eigenvalue weighted by Crippen LogP contribution is 2.22. The molecule has 1 amide bonds. The minimum atomic E-state index is -3.97. The van der Waals surface area contributed by atoms with E-state index in [0.29, 0.717) is 18.1 Å². The molecule has 7 N–H and O–H groups in total. The summed E-state index contributed by atoms with van der Waals surface area (Å²) in [7, 11) is -3.97. The van der Waals surface area contributed by atoms with Crippen molar-refractivity contribution in [1.82, 2.24) is 15.6 Å². The third-order valence-corrected chi connectivity index (χ3v) is 5.24. The predicted octanol–water partition coefficient (Wildman–Crippen LogP) is 0.0942. The molecule has 146 valence electrons. The molecule has 1 heterocycles. The summed E-state index contributed by atoms with van der Waals surface area (Å²) in [5, 5.41) is 15.2. The zero-order valence-corrected chi connectivity index (χ0v) is 15.6. The Labute approximate surface area is 158 Å². The second-order valence-electron chi connectivity index (χ2n) is 5.11. The fraction of sp³-hybridized carbons (Fsp3) is 0.214. The summed E-state index contributed by atoms with van der Waals surface area (Å²) in [5.74, 6) is -1.61. The van der Waals surface area contributed by atoms with Gasteiger partial charge in [-0.3, -0.25) is 19.9 Å². The van der Waals surface area contributed by atoms with Crippen molar-refractivity contribution in [2.75, 3.05) is 29.7 Å². The van der Waals surface area contributed by atoms with Gasteiger partial charge in [-0.2, -0.15) is 0 Å². The van der Waals surface area contributed by atoms with Crippen LogP contribution in [0.25, 0.3) is 0 Å². The van der Waals surface area contributed by atoms with Crippen molar-refractivity contribution < 1.29 is 17.6 Å². The zero-order chi connectivity index (χ0) is 19.9. The first-order valence-corrected chi connectivity index (χ1v) is 9.95. The molecule has 0 radical (unpaired) electrons. The fourth-order valence-electron chi connectivity index (χ4n) is 1.84. The summed E-state index contributed by atoms with van der Waals surface area (Å²) in [4.78, 5) is 15.3. The maximum absolute atomic E-state index is 14.2. The molecule has 2 aromatic rings. The molecule has 0 saturated carbocycles. The molecule has 1 aromatic heterocycles. The van der Waals surface area contributed by atoms with Gasteiger partial charge < -0.3 is 21.7 Å². The highest BCUT2D eigenvalue weighted by Gasteiger charge is 2.18. The normalized spacial score (nSPS) is 10.9. The molecule has 0 bridgehead atoms. The molecule has 27 heavy (non-hydrogen) atoms. The van der Waals surface area contributed by atoms with Crippen molar-refractivity contribution in [3.8, 4) is 0 Å². The second kappa shape index (κ2) is 9.25. The summed E-state index contributed by atoms with van der Waals surface area (Å²) in [6.07, 6.45) is 1.33. The van der Waals surface area contributed by atoms with E-state index >= 15 is 0 Å². The molecule has 1 aromatic carbocycles. The molecule has 13 heteroatoms. The van der Waals surface area contributed by atoms with Crippen molar-refractivity contribution in [1.29, 1.82) is 5.41 Å². The Balaban J connectivity index is 1.97. The van der Waals surface area contributed by atoms with Gasteiger partial charge >= 0.3 is 0 Å². The second-order valence-corrected chi connectivity index (χ2v) is 7.67. The number of carbonyl (C=O) groups is 1. The van der Waals surface area contributed by atoms with E-state index in [2.05, 4.69) is 25.7 Å². The molecule has 0 atom stereocenters. The smallest absolute Gasteiger partial charge is 0.262 e. The Morgan fingerprint density at radius 1 is 1.33 bits per heavy atom. The van der Waals surface area contributed by atoms with E-state index in [1.807, 2.05) is 0 Å². The topological polar surface area (TPSA) is 162 Å². The van der Waals surface area contributed by atoms with Gasteiger partial charge in [-0.25, -0.2) is 12.8 Å². The van der Waals surface area contributed by atoms with Crippen molar-refractivity contribution in [2.24, 2.45) is 5.73 Å². The van der Waals surface area contributed by atoms with Crippen LogP contribution in [0.15, 0.2) is 34.8 Å². The molecule has 0 aliphatic heterocycles. The van der Waals surface area contributed by atoms with Crippen LogP contribution in [0.5, 0.6) is 0 Å². The van der Waals surface area contributed by atoms with Crippen LogP contribution in [-0.4, -0.2) is 44.9 Å². The highest BCUT2D eigenvalue weighted by atomic mass is 32.2. The number of guanidine groups is 1. The number of benzene rings is 1. The van der Waals surface area contributed by atoms with E-state index < -0.39 is 21.7 Å². The number of hydrogen-bond donors (Lipinski definition) is 6. The molecule has 0 fully saturated rings. The summed E-state index contributed by atoms with van der Waals surface area (Å²) in [6, 6.07) is 3.12. The van der Waals surface area contributed by atoms with Crippen LogP contribution in [0.2, 0.25) is 0 Å². The monoisotopic (exact) mass is 415 g/mol. The number of halogens is 1. The first-order chi connectivity index (χ1) is 12.8. The predicted molar refractivity (Wildman–Crippen MR) is 101 cm³/mol. The van der Waals surface area contributed by atoms with Crippen LogP contribution in [0.4, 0.5) is 15.1 Å². The van der Waals surface area contributed by atoms with E-state index in [0.717, 1.165) is 23.5 Å². The van der Waals surface area contributed by atoms with Crippen LogP contribution >= 0.6 is 11.3 Å². The Morgan fingerprint density at radius 2 is 2.11 bits per heavy atom. The number of nitrogens with two attached hydrogens (primary N) is 1. The number of hydrogen-bond acceptors (Lipinski definition) is 7. The van der Waals surface area contributed by atoms with Gasteiger partial charge in [0.25, 0.3) is 10.0 Å². The Kier molecular flexibility index (Phi) is 7.04. The van der Waals surface area contributed by atoms with E-state index in [4.69, 9.17) is 11.1 Å².